The van der Waals surface area contributed by atoms with Crippen molar-refractivity contribution in [3.8, 4) is 22.6 Å². The van der Waals surface area contributed by atoms with E-state index in [9.17, 15) is 4.79 Å². The summed E-state index contributed by atoms with van der Waals surface area (Å²) < 4.78 is 2.14. The Bertz CT molecular complexity index is 1220. The second-order valence-corrected chi connectivity index (χ2v) is 8.98. The number of aromatic nitrogens is 4. The molecule has 0 atom stereocenters. The van der Waals surface area contributed by atoms with E-state index in [4.69, 9.17) is 4.98 Å². The Hall–Kier alpha value is -3.19. The minimum Gasteiger partial charge on any atom is -0.358 e. The highest BCUT2D eigenvalue weighted by atomic mass is 32.2. The number of para-hydroxylation sites is 1. The Morgan fingerprint density at radius 1 is 1.06 bits per heavy atom. The summed E-state index contributed by atoms with van der Waals surface area (Å²) in [6.45, 7) is 5.20. The number of nitrogens with one attached hydrogen (secondary N) is 1. The van der Waals surface area contributed by atoms with Crippen LogP contribution in [0.2, 0.25) is 0 Å². The number of thioether (sulfide) groups is 1. The average molecular weight is 446 g/mol. The Morgan fingerprint density at radius 3 is 2.56 bits per heavy atom. The summed E-state index contributed by atoms with van der Waals surface area (Å²) in [5.74, 6) is 1.62. The minimum absolute atomic E-state index is 0.0318. The van der Waals surface area contributed by atoms with E-state index in [1.165, 1.54) is 11.8 Å². The van der Waals surface area contributed by atoms with E-state index < -0.39 is 0 Å². The van der Waals surface area contributed by atoms with E-state index in [-0.39, 0.29) is 5.91 Å². The fourth-order valence-corrected chi connectivity index (χ4v) is 4.34. The third-order valence-electron chi connectivity index (χ3n) is 5.28. The molecule has 0 fully saturated rings. The zero-order valence-electron chi connectivity index (χ0n) is 18.6. The molecule has 0 saturated carbocycles. The highest BCUT2D eigenvalue weighted by Crippen LogP contribution is 2.33. The average Bonchev–Trinajstić information content (AvgIpc) is 3.23. The minimum atomic E-state index is -0.0318. The fourth-order valence-electron chi connectivity index (χ4n) is 3.50. The van der Waals surface area contributed by atoms with Crippen molar-refractivity contribution in [2.45, 2.75) is 32.0 Å². The molecule has 0 aliphatic rings. The predicted molar refractivity (Wildman–Crippen MR) is 130 cm³/mol. The predicted octanol–water partition coefficient (Wildman–Crippen LogP) is 5.04. The van der Waals surface area contributed by atoms with Crippen LogP contribution in [0.3, 0.4) is 0 Å². The Kier molecular flexibility index (Phi) is 6.85. The van der Waals surface area contributed by atoms with Crippen molar-refractivity contribution in [3.05, 3.63) is 60.7 Å². The van der Waals surface area contributed by atoms with Crippen LogP contribution in [-0.4, -0.2) is 38.5 Å². The summed E-state index contributed by atoms with van der Waals surface area (Å²) in [6, 6.07) is 20.4. The first-order valence-electron chi connectivity index (χ1n) is 10.8. The molecule has 0 unspecified atom stereocenters. The molecule has 0 saturated heterocycles. The van der Waals surface area contributed by atoms with Gasteiger partial charge in [-0.25, -0.2) is 4.98 Å². The molecule has 4 rings (SSSR count). The summed E-state index contributed by atoms with van der Waals surface area (Å²) in [7, 11) is 1.64. The quantitative estimate of drug-likeness (QED) is 0.385. The zero-order chi connectivity index (χ0) is 22.5. The van der Waals surface area contributed by atoms with Crippen molar-refractivity contribution in [2.75, 3.05) is 12.8 Å². The maximum absolute atomic E-state index is 11.8. The summed E-state index contributed by atoms with van der Waals surface area (Å²) in [4.78, 5) is 16.7. The van der Waals surface area contributed by atoms with Gasteiger partial charge >= 0.3 is 0 Å². The van der Waals surface area contributed by atoms with E-state index in [1.807, 2.05) is 36.4 Å². The van der Waals surface area contributed by atoms with Gasteiger partial charge in [0.25, 0.3) is 0 Å². The zero-order valence-corrected chi connectivity index (χ0v) is 19.4. The molecule has 1 N–H and O–H groups in total. The summed E-state index contributed by atoms with van der Waals surface area (Å²) in [6.07, 6.45) is 0.993. The molecule has 0 bridgehead atoms. The first kappa shape index (κ1) is 22.0. The third-order valence-corrected chi connectivity index (χ3v) is 6.25. The van der Waals surface area contributed by atoms with Gasteiger partial charge in [0.15, 0.2) is 11.0 Å². The lowest BCUT2D eigenvalue weighted by Gasteiger charge is -2.14. The Labute approximate surface area is 192 Å². The van der Waals surface area contributed by atoms with Gasteiger partial charge in [-0.15, -0.1) is 10.2 Å². The van der Waals surface area contributed by atoms with Crippen LogP contribution in [-0.2, 0) is 11.3 Å². The monoisotopic (exact) mass is 445 g/mol. The third kappa shape index (κ3) is 4.83. The fraction of sp³-hybridized carbons (Fsp3) is 0.280. The first-order valence-corrected chi connectivity index (χ1v) is 11.8. The lowest BCUT2D eigenvalue weighted by Crippen LogP contribution is -2.20. The SMILES string of the molecule is CNC(=O)CSc1nnc(-c2cc(-c3ccccc3)nc3ccccc23)n1CCC(C)C. The molecule has 1 amide bonds. The lowest BCUT2D eigenvalue weighted by atomic mass is 10.0. The van der Waals surface area contributed by atoms with Gasteiger partial charge in [0.2, 0.25) is 5.91 Å². The van der Waals surface area contributed by atoms with Crippen LogP contribution in [0, 0.1) is 5.92 Å². The van der Waals surface area contributed by atoms with Crippen LogP contribution in [0.15, 0.2) is 65.8 Å². The molecular weight excluding hydrogens is 418 g/mol. The Morgan fingerprint density at radius 2 is 1.81 bits per heavy atom. The highest BCUT2D eigenvalue weighted by Gasteiger charge is 2.19. The number of hydrogen-bond donors (Lipinski definition) is 1. The largest absolute Gasteiger partial charge is 0.358 e. The molecule has 0 aliphatic heterocycles. The first-order chi connectivity index (χ1) is 15.6. The maximum atomic E-state index is 11.8. The van der Waals surface area contributed by atoms with Crippen molar-refractivity contribution in [1.29, 1.82) is 0 Å². The van der Waals surface area contributed by atoms with Crippen LogP contribution in [0.4, 0.5) is 0 Å². The van der Waals surface area contributed by atoms with Gasteiger partial charge < -0.3 is 9.88 Å². The number of fused-ring (bicyclic) bond motifs is 1. The number of nitrogens with zero attached hydrogens (tertiary/aromatic N) is 4. The second-order valence-electron chi connectivity index (χ2n) is 8.04. The molecule has 32 heavy (non-hydrogen) atoms. The number of carbonyl (C=O) groups is 1. The molecule has 2 aromatic carbocycles. The maximum Gasteiger partial charge on any atom is 0.230 e. The number of benzene rings is 2. The van der Waals surface area contributed by atoms with Crippen LogP contribution >= 0.6 is 11.8 Å². The molecule has 7 heteroatoms. The normalized spacial score (nSPS) is 11.2. The molecule has 6 nitrogen and oxygen atoms in total. The van der Waals surface area contributed by atoms with Crippen molar-refractivity contribution in [3.63, 3.8) is 0 Å². The van der Waals surface area contributed by atoms with Crippen LogP contribution in [0.25, 0.3) is 33.5 Å². The van der Waals surface area contributed by atoms with Gasteiger partial charge in [-0.05, 0) is 24.5 Å². The van der Waals surface area contributed by atoms with Gasteiger partial charge in [-0.3, -0.25) is 4.79 Å². The lowest BCUT2D eigenvalue weighted by molar-refractivity contribution is -0.118. The molecule has 2 heterocycles. The summed E-state index contributed by atoms with van der Waals surface area (Å²) in [5, 5.41) is 13.5. The van der Waals surface area contributed by atoms with Gasteiger partial charge in [0.05, 0.1) is 17.0 Å². The van der Waals surface area contributed by atoms with E-state index in [1.54, 1.807) is 7.05 Å². The molecule has 4 aromatic rings. The number of rotatable bonds is 8. The number of hydrogen-bond acceptors (Lipinski definition) is 5. The molecule has 2 aromatic heterocycles. The van der Waals surface area contributed by atoms with Gasteiger partial charge in [0.1, 0.15) is 0 Å². The van der Waals surface area contributed by atoms with Crippen molar-refractivity contribution in [1.82, 2.24) is 25.1 Å². The number of amides is 1. The van der Waals surface area contributed by atoms with Gasteiger partial charge in [-0.1, -0.05) is 74.1 Å². The van der Waals surface area contributed by atoms with E-state index in [0.29, 0.717) is 11.7 Å². The summed E-state index contributed by atoms with van der Waals surface area (Å²) in [5.41, 5.74) is 3.87. The van der Waals surface area contributed by atoms with Crippen LogP contribution in [0.5, 0.6) is 0 Å². The van der Waals surface area contributed by atoms with Crippen LogP contribution < -0.4 is 5.32 Å². The summed E-state index contributed by atoms with van der Waals surface area (Å²) >= 11 is 1.41. The van der Waals surface area contributed by atoms with Gasteiger partial charge in [-0.2, -0.15) is 0 Å². The number of pyridine rings is 1. The van der Waals surface area contributed by atoms with Crippen molar-refractivity contribution >= 4 is 28.6 Å². The highest BCUT2D eigenvalue weighted by molar-refractivity contribution is 7.99. The standard InChI is InChI=1S/C25H27N5OS/c1-17(2)13-14-30-24(28-29-25(30)32-16-23(31)26-3)20-15-22(18-9-5-4-6-10-18)27-21-12-8-7-11-19(20)21/h4-12,15,17H,13-14,16H2,1-3H3,(H,26,31). The smallest absolute Gasteiger partial charge is 0.230 e. The Balaban J connectivity index is 1.85. The molecule has 0 radical (unpaired) electrons. The van der Waals surface area contributed by atoms with Crippen LogP contribution in [0.1, 0.15) is 20.3 Å². The molecule has 164 valence electrons. The van der Waals surface area contributed by atoms with E-state index >= 15 is 0 Å². The molecular formula is C25H27N5OS. The van der Waals surface area contributed by atoms with Gasteiger partial charge in [0, 0.05) is 30.1 Å². The topological polar surface area (TPSA) is 72.7 Å². The molecule has 0 aliphatic carbocycles. The number of carbonyl (C=O) groups excluding carboxylic acids is 1. The van der Waals surface area contributed by atoms with E-state index in [2.05, 4.69) is 58.2 Å². The van der Waals surface area contributed by atoms with Crippen molar-refractivity contribution < 1.29 is 4.79 Å². The van der Waals surface area contributed by atoms with E-state index in [0.717, 1.165) is 51.7 Å². The second kappa shape index (κ2) is 9.96. The molecule has 0 spiro atoms. The van der Waals surface area contributed by atoms with Crippen molar-refractivity contribution in [2.24, 2.45) is 5.92 Å².